The van der Waals surface area contributed by atoms with Gasteiger partial charge in [0.1, 0.15) is 17.0 Å². The number of fused-ring (bicyclic) bond motifs is 1. The molecule has 0 unspecified atom stereocenters. The van der Waals surface area contributed by atoms with Gasteiger partial charge in [0.15, 0.2) is 0 Å². The minimum atomic E-state index is -0.0710. The first-order valence-corrected chi connectivity index (χ1v) is 11.8. The summed E-state index contributed by atoms with van der Waals surface area (Å²) in [6, 6.07) is 7.27. The maximum absolute atomic E-state index is 13.1. The molecule has 1 aliphatic rings. The number of carbonyl (C=O) groups is 1. The van der Waals surface area contributed by atoms with Crippen LogP contribution in [0.4, 0.5) is 11.5 Å². The highest BCUT2D eigenvalue weighted by molar-refractivity contribution is 7.18. The summed E-state index contributed by atoms with van der Waals surface area (Å²) < 4.78 is 1.72. The number of rotatable bonds is 4. The molecule has 4 heterocycles. The number of halogens is 1. The van der Waals surface area contributed by atoms with E-state index < -0.39 is 0 Å². The molecule has 164 valence electrons. The molecule has 5 rings (SSSR count). The smallest absolute Gasteiger partial charge is 0.227 e. The lowest BCUT2D eigenvalue weighted by molar-refractivity contribution is -0.120. The highest BCUT2D eigenvalue weighted by atomic mass is 35.5. The Hall–Kier alpha value is -2.97. The summed E-state index contributed by atoms with van der Waals surface area (Å²) >= 11 is 7.90. The molecule has 3 aromatic heterocycles. The summed E-state index contributed by atoms with van der Waals surface area (Å²) in [6.07, 6.45) is 6.71. The van der Waals surface area contributed by atoms with E-state index >= 15 is 0 Å². The topological polar surface area (TPSA) is 75.9 Å². The number of hydrogen-bond donors (Lipinski definition) is 1. The van der Waals surface area contributed by atoms with Gasteiger partial charge in [-0.2, -0.15) is 5.10 Å². The van der Waals surface area contributed by atoms with Crippen molar-refractivity contribution in [1.29, 1.82) is 0 Å². The van der Waals surface area contributed by atoms with E-state index in [1.165, 1.54) is 10.4 Å². The minimum absolute atomic E-state index is 0.00992. The van der Waals surface area contributed by atoms with Crippen molar-refractivity contribution in [2.75, 3.05) is 23.3 Å². The van der Waals surface area contributed by atoms with Crippen LogP contribution in [0.2, 0.25) is 5.02 Å². The SMILES string of the molecule is Cc1sc2ncnc(N3CCC(C(=O)Nc4cc(Cl)ccc4-n4cccn4)CC3)c2c1C. The molecule has 1 amide bonds. The number of thiophene rings is 1. The predicted octanol–water partition coefficient (Wildman–Crippen LogP) is 5.00. The second-order valence-electron chi connectivity index (χ2n) is 8.02. The van der Waals surface area contributed by atoms with Crippen LogP contribution in [0.3, 0.4) is 0 Å². The van der Waals surface area contributed by atoms with Gasteiger partial charge in [-0.25, -0.2) is 14.6 Å². The molecule has 1 fully saturated rings. The van der Waals surface area contributed by atoms with Crippen molar-refractivity contribution in [1.82, 2.24) is 19.7 Å². The molecule has 1 aromatic carbocycles. The van der Waals surface area contributed by atoms with Gasteiger partial charge in [-0.05, 0) is 56.5 Å². The molecule has 7 nitrogen and oxygen atoms in total. The minimum Gasteiger partial charge on any atom is -0.356 e. The van der Waals surface area contributed by atoms with E-state index in [0.29, 0.717) is 10.7 Å². The van der Waals surface area contributed by atoms with E-state index in [-0.39, 0.29) is 11.8 Å². The van der Waals surface area contributed by atoms with E-state index in [9.17, 15) is 4.79 Å². The van der Waals surface area contributed by atoms with Gasteiger partial charge < -0.3 is 10.2 Å². The monoisotopic (exact) mass is 466 g/mol. The first kappa shape index (κ1) is 20.9. The van der Waals surface area contributed by atoms with Gasteiger partial charge in [-0.3, -0.25) is 4.79 Å². The number of hydrogen-bond acceptors (Lipinski definition) is 6. The zero-order valence-electron chi connectivity index (χ0n) is 17.9. The Morgan fingerprint density at radius 1 is 1.22 bits per heavy atom. The Kier molecular flexibility index (Phi) is 5.57. The average Bonchev–Trinajstić information content (AvgIpc) is 3.42. The number of benzene rings is 1. The van der Waals surface area contributed by atoms with Crippen LogP contribution < -0.4 is 10.2 Å². The summed E-state index contributed by atoms with van der Waals surface area (Å²) in [6.45, 7) is 5.80. The van der Waals surface area contributed by atoms with Crippen LogP contribution in [0, 0.1) is 19.8 Å². The molecule has 9 heteroatoms. The molecule has 1 aliphatic heterocycles. The van der Waals surface area contributed by atoms with Crippen molar-refractivity contribution < 1.29 is 4.79 Å². The van der Waals surface area contributed by atoms with Gasteiger partial charge in [0.25, 0.3) is 0 Å². The number of nitrogens with one attached hydrogen (secondary N) is 1. The maximum Gasteiger partial charge on any atom is 0.227 e. The molecule has 4 aromatic rings. The summed E-state index contributed by atoms with van der Waals surface area (Å²) in [5.74, 6) is 0.917. The zero-order chi connectivity index (χ0) is 22.2. The van der Waals surface area contributed by atoms with Gasteiger partial charge in [0, 0.05) is 41.3 Å². The van der Waals surface area contributed by atoms with Crippen molar-refractivity contribution in [2.24, 2.45) is 5.92 Å². The number of aryl methyl sites for hydroxylation is 2. The molecule has 1 saturated heterocycles. The van der Waals surface area contributed by atoms with Crippen molar-refractivity contribution in [3.8, 4) is 5.69 Å². The molecule has 0 saturated carbocycles. The first-order valence-electron chi connectivity index (χ1n) is 10.6. The second kappa shape index (κ2) is 8.52. The molecule has 0 bridgehead atoms. The van der Waals surface area contributed by atoms with Crippen LogP contribution in [0.15, 0.2) is 43.0 Å². The van der Waals surface area contributed by atoms with Crippen LogP contribution in [0.5, 0.6) is 0 Å². The van der Waals surface area contributed by atoms with Gasteiger partial charge in [-0.15, -0.1) is 11.3 Å². The van der Waals surface area contributed by atoms with Gasteiger partial charge in [0.05, 0.1) is 16.8 Å². The fraction of sp³-hybridized carbons (Fsp3) is 0.304. The normalized spacial score (nSPS) is 14.8. The molecule has 0 aliphatic carbocycles. The summed E-state index contributed by atoms with van der Waals surface area (Å²) in [7, 11) is 0. The molecule has 0 spiro atoms. The number of piperidine rings is 1. The fourth-order valence-electron chi connectivity index (χ4n) is 4.21. The molecule has 1 N–H and O–H groups in total. The molecule has 0 atom stereocenters. The third-order valence-corrected chi connectivity index (χ3v) is 7.43. The fourth-order valence-corrected chi connectivity index (χ4v) is 5.37. The van der Waals surface area contributed by atoms with Crippen LogP contribution >= 0.6 is 22.9 Å². The summed E-state index contributed by atoms with van der Waals surface area (Å²) in [5.41, 5.74) is 2.69. The van der Waals surface area contributed by atoms with Crippen LogP contribution in [0.25, 0.3) is 15.9 Å². The number of aromatic nitrogens is 4. The predicted molar refractivity (Wildman–Crippen MR) is 129 cm³/mol. The molecular weight excluding hydrogens is 444 g/mol. The Morgan fingerprint density at radius 3 is 2.78 bits per heavy atom. The van der Waals surface area contributed by atoms with Crippen molar-refractivity contribution in [3.05, 3.63) is 58.4 Å². The Bertz CT molecular complexity index is 1280. The van der Waals surface area contributed by atoms with Gasteiger partial charge in [0.2, 0.25) is 5.91 Å². The summed E-state index contributed by atoms with van der Waals surface area (Å²) in [4.78, 5) is 26.7. The van der Waals surface area contributed by atoms with E-state index in [1.807, 2.05) is 18.3 Å². The standard InChI is InChI=1S/C23H23ClN6OS/c1-14-15(2)32-23-20(14)21(25-13-26-23)29-10-6-16(7-11-29)22(31)28-18-12-17(24)4-5-19(18)30-9-3-8-27-30/h3-5,8-9,12-13,16H,6-7,10-11H2,1-2H3,(H,28,31). The Morgan fingerprint density at radius 2 is 2.03 bits per heavy atom. The van der Waals surface area contributed by atoms with Crippen LogP contribution in [0.1, 0.15) is 23.3 Å². The first-order chi connectivity index (χ1) is 15.5. The average molecular weight is 467 g/mol. The highest BCUT2D eigenvalue weighted by Gasteiger charge is 2.28. The van der Waals surface area contributed by atoms with E-state index in [1.54, 1.807) is 40.7 Å². The molecule has 32 heavy (non-hydrogen) atoms. The third kappa shape index (κ3) is 3.84. The van der Waals surface area contributed by atoms with Crippen molar-refractivity contribution in [2.45, 2.75) is 26.7 Å². The number of amides is 1. The second-order valence-corrected chi connectivity index (χ2v) is 9.66. The highest BCUT2D eigenvalue weighted by Crippen LogP contribution is 2.36. The Balaban J connectivity index is 1.31. The van der Waals surface area contributed by atoms with E-state index in [2.05, 4.69) is 39.1 Å². The summed E-state index contributed by atoms with van der Waals surface area (Å²) in [5, 5.41) is 9.07. The molecule has 0 radical (unpaired) electrons. The third-order valence-electron chi connectivity index (χ3n) is 6.08. The van der Waals surface area contributed by atoms with Gasteiger partial charge in [-0.1, -0.05) is 11.6 Å². The van der Waals surface area contributed by atoms with Crippen molar-refractivity contribution >= 4 is 50.6 Å². The lowest BCUT2D eigenvalue weighted by Crippen LogP contribution is -2.38. The number of carbonyl (C=O) groups excluding carboxylic acids is 1. The lowest BCUT2D eigenvalue weighted by atomic mass is 9.95. The maximum atomic E-state index is 13.1. The van der Waals surface area contributed by atoms with E-state index in [4.69, 9.17) is 11.6 Å². The Labute approximate surface area is 195 Å². The number of nitrogens with zero attached hydrogens (tertiary/aromatic N) is 5. The largest absolute Gasteiger partial charge is 0.356 e. The van der Waals surface area contributed by atoms with E-state index in [0.717, 1.165) is 47.7 Å². The van der Waals surface area contributed by atoms with Crippen molar-refractivity contribution in [3.63, 3.8) is 0 Å². The van der Waals surface area contributed by atoms with Crippen LogP contribution in [-0.4, -0.2) is 38.7 Å². The van der Waals surface area contributed by atoms with Gasteiger partial charge >= 0.3 is 0 Å². The van der Waals surface area contributed by atoms with Crippen LogP contribution in [-0.2, 0) is 4.79 Å². The lowest BCUT2D eigenvalue weighted by Gasteiger charge is -2.32. The quantitative estimate of drug-likeness (QED) is 0.458. The molecular formula is C23H23ClN6OS. The number of anilines is 2. The zero-order valence-corrected chi connectivity index (χ0v) is 19.5.